The van der Waals surface area contributed by atoms with Gasteiger partial charge in [0.2, 0.25) is 10.0 Å². The number of benzene rings is 1. The maximum atomic E-state index is 12.4. The zero-order chi connectivity index (χ0) is 22.5. The van der Waals surface area contributed by atoms with Gasteiger partial charge < -0.3 is 15.0 Å². The van der Waals surface area contributed by atoms with Crippen LogP contribution in [0.4, 0.5) is 5.69 Å². The molecule has 3 N–H and O–H groups in total. The van der Waals surface area contributed by atoms with Crippen molar-refractivity contribution in [1.29, 1.82) is 0 Å². The SMILES string of the molecule is CCOC(=O)c1c(C)[nH]c(C(=O)NCCNS(=O)(=O)c2cccc([N+](=O)[O-])c2)c1C. The lowest BCUT2D eigenvalue weighted by atomic mass is 10.1. The van der Waals surface area contributed by atoms with Crippen molar-refractivity contribution < 1.29 is 27.7 Å². The lowest BCUT2D eigenvalue weighted by Crippen LogP contribution is -2.35. The summed E-state index contributed by atoms with van der Waals surface area (Å²) < 4.78 is 31.8. The highest BCUT2D eigenvalue weighted by Crippen LogP contribution is 2.19. The number of aryl methyl sites for hydroxylation is 1. The lowest BCUT2D eigenvalue weighted by molar-refractivity contribution is -0.385. The van der Waals surface area contributed by atoms with E-state index in [0.717, 1.165) is 6.07 Å². The molecule has 12 heteroatoms. The number of nitrogens with one attached hydrogen (secondary N) is 3. The third-order valence-electron chi connectivity index (χ3n) is 4.19. The van der Waals surface area contributed by atoms with E-state index in [1.807, 2.05) is 0 Å². The number of carbonyl (C=O) groups is 2. The second kappa shape index (κ2) is 9.50. The summed E-state index contributed by atoms with van der Waals surface area (Å²) in [5.74, 6) is -1.05. The molecular formula is C18H22N4O7S. The second-order valence-corrected chi connectivity index (χ2v) is 8.02. The minimum Gasteiger partial charge on any atom is -0.462 e. The molecule has 0 unspecified atom stereocenters. The number of ether oxygens (including phenoxy) is 1. The first-order valence-electron chi connectivity index (χ1n) is 8.97. The number of non-ortho nitro benzene ring substituents is 1. The Morgan fingerprint density at radius 3 is 2.57 bits per heavy atom. The van der Waals surface area contributed by atoms with E-state index in [9.17, 15) is 28.1 Å². The molecule has 0 aliphatic carbocycles. The number of hydrogen-bond acceptors (Lipinski definition) is 7. The molecule has 0 aliphatic heterocycles. The Labute approximate surface area is 173 Å². The third-order valence-corrected chi connectivity index (χ3v) is 5.64. The molecule has 1 aromatic carbocycles. The number of esters is 1. The highest BCUT2D eigenvalue weighted by Gasteiger charge is 2.23. The van der Waals surface area contributed by atoms with Crippen LogP contribution >= 0.6 is 0 Å². The van der Waals surface area contributed by atoms with Crippen LogP contribution in [0, 0.1) is 24.0 Å². The Kier molecular flexibility index (Phi) is 7.29. The fourth-order valence-electron chi connectivity index (χ4n) is 2.78. The van der Waals surface area contributed by atoms with Gasteiger partial charge in [-0.05, 0) is 32.4 Å². The van der Waals surface area contributed by atoms with E-state index in [-0.39, 0.29) is 41.5 Å². The topological polar surface area (TPSA) is 160 Å². The number of nitrogens with zero attached hydrogens (tertiary/aromatic N) is 1. The Morgan fingerprint density at radius 2 is 1.93 bits per heavy atom. The van der Waals surface area contributed by atoms with Gasteiger partial charge in [0.1, 0.15) is 5.69 Å². The van der Waals surface area contributed by atoms with Gasteiger partial charge in [0, 0.05) is 30.9 Å². The standard InChI is InChI=1S/C18H22N4O7S/c1-4-29-18(24)15-11(2)16(21-12(15)3)17(23)19-8-9-20-30(27,28)14-7-5-6-13(10-14)22(25)26/h5-7,10,20-21H,4,8-9H2,1-3H3,(H,19,23). The second-order valence-electron chi connectivity index (χ2n) is 6.25. The van der Waals surface area contributed by atoms with E-state index in [0.29, 0.717) is 11.3 Å². The van der Waals surface area contributed by atoms with Crippen molar-refractivity contribution in [2.45, 2.75) is 25.7 Å². The minimum atomic E-state index is -3.98. The lowest BCUT2D eigenvalue weighted by Gasteiger charge is -2.08. The van der Waals surface area contributed by atoms with Crippen molar-refractivity contribution in [1.82, 2.24) is 15.0 Å². The van der Waals surface area contributed by atoms with Crippen LogP contribution in [0.2, 0.25) is 0 Å². The molecule has 0 aliphatic rings. The van der Waals surface area contributed by atoms with Crippen LogP contribution < -0.4 is 10.0 Å². The van der Waals surface area contributed by atoms with Gasteiger partial charge in [-0.2, -0.15) is 0 Å². The van der Waals surface area contributed by atoms with E-state index < -0.39 is 26.8 Å². The first-order chi connectivity index (χ1) is 14.1. The van der Waals surface area contributed by atoms with E-state index in [1.165, 1.54) is 18.2 Å². The molecule has 0 saturated heterocycles. The van der Waals surface area contributed by atoms with Crippen molar-refractivity contribution in [3.63, 3.8) is 0 Å². The summed E-state index contributed by atoms with van der Waals surface area (Å²) in [4.78, 5) is 37.1. The van der Waals surface area contributed by atoms with Crippen molar-refractivity contribution in [2.75, 3.05) is 19.7 Å². The molecule has 2 rings (SSSR count). The average Bonchev–Trinajstić information content (AvgIpc) is 2.99. The molecule has 0 saturated carbocycles. The predicted octanol–water partition coefficient (Wildman–Crippen LogP) is 1.42. The number of hydrogen-bond donors (Lipinski definition) is 3. The molecule has 1 heterocycles. The van der Waals surface area contributed by atoms with Gasteiger partial charge in [-0.25, -0.2) is 17.9 Å². The number of aromatic amines is 1. The predicted molar refractivity (Wildman–Crippen MR) is 107 cm³/mol. The molecule has 30 heavy (non-hydrogen) atoms. The number of aromatic nitrogens is 1. The fraction of sp³-hybridized carbons (Fsp3) is 0.333. The highest BCUT2D eigenvalue weighted by atomic mass is 32.2. The number of H-pyrrole nitrogens is 1. The Bertz CT molecular complexity index is 1080. The van der Waals surface area contributed by atoms with Gasteiger partial charge in [0.25, 0.3) is 11.6 Å². The zero-order valence-electron chi connectivity index (χ0n) is 16.6. The zero-order valence-corrected chi connectivity index (χ0v) is 17.5. The van der Waals surface area contributed by atoms with Crippen LogP contribution in [0.25, 0.3) is 0 Å². The maximum Gasteiger partial charge on any atom is 0.340 e. The Hall–Kier alpha value is -3.25. The van der Waals surface area contributed by atoms with E-state index in [1.54, 1.807) is 20.8 Å². The van der Waals surface area contributed by atoms with Crippen LogP contribution in [-0.2, 0) is 14.8 Å². The summed E-state index contributed by atoms with van der Waals surface area (Å²) in [5, 5.41) is 13.3. The maximum absolute atomic E-state index is 12.4. The van der Waals surface area contributed by atoms with Crippen molar-refractivity contribution in [2.24, 2.45) is 0 Å². The van der Waals surface area contributed by atoms with Gasteiger partial charge in [-0.1, -0.05) is 6.07 Å². The van der Waals surface area contributed by atoms with E-state index in [4.69, 9.17) is 4.74 Å². The van der Waals surface area contributed by atoms with Gasteiger partial charge in [-0.15, -0.1) is 0 Å². The van der Waals surface area contributed by atoms with Crippen LogP contribution in [0.5, 0.6) is 0 Å². The number of carbonyl (C=O) groups excluding carboxylic acids is 2. The molecule has 0 fully saturated rings. The minimum absolute atomic E-state index is 0.0424. The van der Waals surface area contributed by atoms with Crippen LogP contribution in [-0.4, -0.2) is 49.9 Å². The van der Waals surface area contributed by atoms with Crippen LogP contribution in [0.3, 0.4) is 0 Å². The fourth-order valence-corrected chi connectivity index (χ4v) is 3.85. The van der Waals surface area contributed by atoms with Gasteiger partial charge in [-0.3, -0.25) is 14.9 Å². The molecule has 0 bridgehead atoms. The number of nitro groups is 1. The largest absolute Gasteiger partial charge is 0.462 e. The first-order valence-corrected chi connectivity index (χ1v) is 10.5. The number of nitro benzene ring substituents is 1. The average molecular weight is 438 g/mol. The van der Waals surface area contributed by atoms with Crippen LogP contribution in [0.15, 0.2) is 29.2 Å². The Morgan fingerprint density at radius 1 is 1.23 bits per heavy atom. The van der Waals surface area contributed by atoms with Crippen molar-refractivity contribution >= 4 is 27.6 Å². The normalized spacial score (nSPS) is 11.2. The quantitative estimate of drug-likeness (QED) is 0.231. The summed E-state index contributed by atoms with van der Waals surface area (Å²) in [6.45, 7) is 4.95. The number of amides is 1. The number of sulfonamides is 1. The highest BCUT2D eigenvalue weighted by molar-refractivity contribution is 7.89. The Balaban J connectivity index is 1.98. The molecule has 0 atom stereocenters. The van der Waals surface area contributed by atoms with E-state index >= 15 is 0 Å². The molecule has 1 amide bonds. The summed E-state index contributed by atoms with van der Waals surface area (Å²) in [7, 11) is -3.98. The molecule has 1 aromatic heterocycles. The van der Waals surface area contributed by atoms with Gasteiger partial charge in [0.15, 0.2) is 0 Å². The summed E-state index contributed by atoms with van der Waals surface area (Å²) in [5.41, 5.74) is 1.04. The molecular weight excluding hydrogens is 416 g/mol. The molecule has 162 valence electrons. The molecule has 2 aromatic rings. The summed E-state index contributed by atoms with van der Waals surface area (Å²) in [6, 6.07) is 4.63. The van der Waals surface area contributed by atoms with Gasteiger partial charge in [0.05, 0.1) is 22.0 Å². The van der Waals surface area contributed by atoms with Crippen LogP contribution in [0.1, 0.15) is 39.0 Å². The third kappa shape index (κ3) is 5.21. The smallest absolute Gasteiger partial charge is 0.340 e. The monoisotopic (exact) mass is 438 g/mol. The summed E-state index contributed by atoms with van der Waals surface area (Å²) >= 11 is 0. The molecule has 11 nitrogen and oxygen atoms in total. The van der Waals surface area contributed by atoms with Crippen molar-refractivity contribution in [3.05, 3.63) is 56.9 Å². The summed E-state index contributed by atoms with van der Waals surface area (Å²) in [6.07, 6.45) is 0. The van der Waals surface area contributed by atoms with E-state index in [2.05, 4.69) is 15.0 Å². The van der Waals surface area contributed by atoms with Crippen molar-refractivity contribution in [3.8, 4) is 0 Å². The number of rotatable bonds is 9. The molecule has 0 spiro atoms. The first kappa shape index (κ1) is 23.0. The molecule has 0 radical (unpaired) electrons. The van der Waals surface area contributed by atoms with Gasteiger partial charge >= 0.3 is 5.97 Å².